The maximum Gasteiger partial charge on any atom is 0.269 e. The topological polar surface area (TPSA) is 64.4 Å². The van der Waals surface area contributed by atoms with E-state index in [9.17, 15) is 10.1 Å². The number of ether oxygens (including phenoxy) is 1. The van der Waals surface area contributed by atoms with E-state index >= 15 is 0 Å². The smallest absolute Gasteiger partial charge is 0.269 e. The molecule has 5 nitrogen and oxygen atoms in total. The van der Waals surface area contributed by atoms with Crippen molar-refractivity contribution >= 4 is 5.69 Å². The van der Waals surface area contributed by atoms with E-state index in [1.54, 1.807) is 6.07 Å². The summed E-state index contributed by atoms with van der Waals surface area (Å²) in [7, 11) is 0. The van der Waals surface area contributed by atoms with E-state index in [0.29, 0.717) is 13.2 Å². The zero-order valence-electron chi connectivity index (χ0n) is 9.31. The van der Waals surface area contributed by atoms with E-state index in [2.05, 4.69) is 5.32 Å². The van der Waals surface area contributed by atoms with Crippen molar-refractivity contribution in [3.63, 3.8) is 0 Å². The minimum absolute atomic E-state index is 0.104. The van der Waals surface area contributed by atoms with E-state index < -0.39 is 4.92 Å². The van der Waals surface area contributed by atoms with Crippen LogP contribution in [0, 0.1) is 10.1 Å². The van der Waals surface area contributed by atoms with E-state index in [-0.39, 0.29) is 5.69 Å². The fourth-order valence-corrected chi connectivity index (χ4v) is 1.27. The van der Waals surface area contributed by atoms with Gasteiger partial charge in [0.15, 0.2) is 0 Å². The van der Waals surface area contributed by atoms with Gasteiger partial charge in [-0.1, -0.05) is 19.1 Å². The third-order valence-electron chi connectivity index (χ3n) is 2.06. The number of likely N-dealkylation sites (N-methyl/N-ethyl adjacent to an activating group) is 1. The van der Waals surface area contributed by atoms with Gasteiger partial charge in [0.2, 0.25) is 0 Å². The first-order valence-corrected chi connectivity index (χ1v) is 5.26. The van der Waals surface area contributed by atoms with Gasteiger partial charge in [0.1, 0.15) is 0 Å². The molecule has 1 rings (SSSR count). The Balaban J connectivity index is 2.36. The Kier molecular flexibility index (Phi) is 5.45. The Labute approximate surface area is 94.6 Å². The normalized spacial score (nSPS) is 10.3. The summed E-state index contributed by atoms with van der Waals surface area (Å²) in [5.74, 6) is 0. The lowest BCUT2D eigenvalue weighted by atomic mass is 10.2. The van der Waals surface area contributed by atoms with Crippen LogP contribution in [0.3, 0.4) is 0 Å². The molecule has 16 heavy (non-hydrogen) atoms. The molecule has 1 N–H and O–H groups in total. The van der Waals surface area contributed by atoms with Crippen molar-refractivity contribution in [1.29, 1.82) is 0 Å². The predicted octanol–water partition coefficient (Wildman–Crippen LogP) is 1.72. The van der Waals surface area contributed by atoms with E-state index in [1.165, 1.54) is 12.1 Å². The van der Waals surface area contributed by atoms with Gasteiger partial charge in [0.05, 0.1) is 18.1 Å². The summed E-state index contributed by atoms with van der Waals surface area (Å²) in [6.07, 6.45) is 0. The number of hydrogen-bond donors (Lipinski definition) is 1. The first kappa shape index (κ1) is 12.6. The Morgan fingerprint density at radius 2 is 2.31 bits per heavy atom. The molecule has 0 saturated carbocycles. The number of nitrogens with one attached hydrogen (secondary N) is 1. The molecule has 0 amide bonds. The molecule has 1 aromatic rings. The van der Waals surface area contributed by atoms with Crippen LogP contribution in [0.4, 0.5) is 5.69 Å². The van der Waals surface area contributed by atoms with Crippen LogP contribution in [0.15, 0.2) is 24.3 Å². The van der Waals surface area contributed by atoms with Crippen LogP contribution in [-0.4, -0.2) is 24.6 Å². The Hall–Kier alpha value is -1.46. The minimum Gasteiger partial charge on any atom is -0.375 e. The summed E-state index contributed by atoms with van der Waals surface area (Å²) in [6.45, 7) is 4.76. The molecule has 0 unspecified atom stereocenters. The van der Waals surface area contributed by atoms with Crippen molar-refractivity contribution < 1.29 is 9.66 Å². The zero-order chi connectivity index (χ0) is 11.8. The fraction of sp³-hybridized carbons (Fsp3) is 0.455. The molecule has 0 saturated heterocycles. The molecule has 0 aliphatic rings. The Morgan fingerprint density at radius 3 is 3.00 bits per heavy atom. The lowest BCUT2D eigenvalue weighted by Crippen LogP contribution is -2.18. The van der Waals surface area contributed by atoms with Gasteiger partial charge >= 0.3 is 0 Å². The maximum atomic E-state index is 10.5. The second kappa shape index (κ2) is 6.92. The van der Waals surface area contributed by atoms with Crippen molar-refractivity contribution in [3.8, 4) is 0 Å². The lowest BCUT2D eigenvalue weighted by Gasteiger charge is -2.04. The van der Waals surface area contributed by atoms with E-state index in [1.807, 2.05) is 13.0 Å². The first-order valence-electron chi connectivity index (χ1n) is 5.26. The van der Waals surface area contributed by atoms with E-state index in [4.69, 9.17) is 4.74 Å². The number of non-ortho nitro benzene ring substituents is 1. The molecule has 0 aliphatic heterocycles. The molecular weight excluding hydrogens is 208 g/mol. The molecule has 0 bridgehead atoms. The summed E-state index contributed by atoms with van der Waals surface area (Å²) >= 11 is 0. The summed E-state index contributed by atoms with van der Waals surface area (Å²) in [6, 6.07) is 6.50. The van der Waals surface area contributed by atoms with Crippen molar-refractivity contribution in [3.05, 3.63) is 39.9 Å². The molecule has 0 radical (unpaired) electrons. The van der Waals surface area contributed by atoms with Gasteiger partial charge in [0.25, 0.3) is 5.69 Å². The van der Waals surface area contributed by atoms with Gasteiger partial charge in [-0.25, -0.2) is 0 Å². The largest absolute Gasteiger partial charge is 0.375 e. The Morgan fingerprint density at radius 1 is 1.50 bits per heavy atom. The van der Waals surface area contributed by atoms with Crippen LogP contribution in [0.5, 0.6) is 0 Å². The standard InChI is InChI=1S/C11H16N2O3/c1-2-12-6-7-16-9-10-4-3-5-11(8-10)13(14)15/h3-5,8,12H,2,6-7,9H2,1H3. The molecule has 5 heteroatoms. The predicted molar refractivity (Wildman–Crippen MR) is 61.3 cm³/mol. The third kappa shape index (κ3) is 4.37. The van der Waals surface area contributed by atoms with Crippen molar-refractivity contribution in [2.24, 2.45) is 0 Å². The van der Waals surface area contributed by atoms with Gasteiger partial charge < -0.3 is 10.1 Å². The molecular formula is C11H16N2O3. The van der Waals surface area contributed by atoms with Crippen LogP contribution in [0.25, 0.3) is 0 Å². The highest BCUT2D eigenvalue weighted by molar-refractivity contribution is 5.33. The zero-order valence-corrected chi connectivity index (χ0v) is 9.31. The number of hydrogen-bond acceptors (Lipinski definition) is 4. The molecule has 88 valence electrons. The van der Waals surface area contributed by atoms with Gasteiger partial charge in [-0.15, -0.1) is 0 Å². The van der Waals surface area contributed by atoms with Gasteiger partial charge in [-0.2, -0.15) is 0 Å². The summed E-state index contributed by atoms with van der Waals surface area (Å²) in [5.41, 5.74) is 0.929. The van der Waals surface area contributed by atoms with Gasteiger partial charge in [-0.3, -0.25) is 10.1 Å². The SMILES string of the molecule is CCNCCOCc1cccc([N+](=O)[O-])c1. The summed E-state index contributed by atoms with van der Waals surface area (Å²) in [5, 5.41) is 13.7. The van der Waals surface area contributed by atoms with Crippen LogP contribution >= 0.6 is 0 Å². The number of nitrogens with zero attached hydrogens (tertiary/aromatic N) is 1. The van der Waals surface area contributed by atoms with E-state index in [0.717, 1.165) is 18.7 Å². The van der Waals surface area contributed by atoms with Gasteiger partial charge in [-0.05, 0) is 12.1 Å². The molecule has 0 spiro atoms. The minimum atomic E-state index is -0.401. The molecule has 0 aliphatic carbocycles. The molecule has 0 heterocycles. The van der Waals surface area contributed by atoms with Crippen LogP contribution < -0.4 is 5.32 Å². The number of nitro groups is 1. The average Bonchev–Trinajstić information content (AvgIpc) is 2.29. The quantitative estimate of drug-likeness (QED) is 0.435. The van der Waals surface area contributed by atoms with Crippen LogP contribution in [0.2, 0.25) is 0 Å². The van der Waals surface area contributed by atoms with Gasteiger partial charge in [0, 0.05) is 18.7 Å². The molecule has 0 aromatic heterocycles. The van der Waals surface area contributed by atoms with Crippen molar-refractivity contribution in [2.45, 2.75) is 13.5 Å². The average molecular weight is 224 g/mol. The van der Waals surface area contributed by atoms with Crippen LogP contribution in [0.1, 0.15) is 12.5 Å². The summed E-state index contributed by atoms with van der Waals surface area (Å²) in [4.78, 5) is 10.1. The highest BCUT2D eigenvalue weighted by atomic mass is 16.6. The number of nitro benzene ring substituents is 1. The fourth-order valence-electron chi connectivity index (χ4n) is 1.27. The highest BCUT2D eigenvalue weighted by Crippen LogP contribution is 2.13. The number of benzene rings is 1. The molecule has 0 atom stereocenters. The second-order valence-electron chi connectivity index (χ2n) is 3.33. The lowest BCUT2D eigenvalue weighted by molar-refractivity contribution is -0.384. The Bertz CT molecular complexity index is 342. The van der Waals surface area contributed by atoms with Crippen molar-refractivity contribution in [1.82, 2.24) is 5.32 Å². The third-order valence-corrected chi connectivity index (χ3v) is 2.06. The summed E-state index contributed by atoms with van der Waals surface area (Å²) < 4.78 is 5.37. The second-order valence-corrected chi connectivity index (χ2v) is 3.33. The molecule has 0 fully saturated rings. The van der Waals surface area contributed by atoms with Crippen LogP contribution in [-0.2, 0) is 11.3 Å². The monoisotopic (exact) mass is 224 g/mol. The first-order chi connectivity index (χ1) is 7.74. The van der Waals surface area contributed by atoms with Crippen molar-refractivity contribution in [2.75, 3.05) is 19.7 Å². The maximum absolute atomic E-state index is 10.5. The molecule has 1 aromatic carbocycles. The number of rotatable bonds is 7. The highest BCUT2D eigenvalue weighted by Gasteiger charge is 2.04.